The van der Waals surface area contributed by atoms with Crippen molar-refractivity contribution in [3.8, 4) is 0 Å². The van der Waals surface area contributed by atoms with E-state index in [1.165, 1.54) is 6.07 Å². The zero-order chi connectivity index (χ0) is 9.14. The molecule has 0 saturated carbocycles. The van der Waals surface area contributed by atoms with Crippen molar-refractivity contribution in [3.05, 3.63) is 29.3 Å². The molecule has 0 aromatic carbocycles. The lowest BCUT2D eigenvalue weighted by Gasteiger charge is -2.09. The fourth-order valence-electron chi connectivity index (χ4n) is 1.10. The van der Waals surface area contributed by atoms with Crippen molar-refractivity contribution in [1.29, 1.82) is 0 Å². The van der Waals surface area contributed by atoms with Gasteiger partial charge in [0.15, 0.2) is 0 Å². The molecule has 0 fully saturated rings. The van der Waals surface area contributed by atoms with E-state index >= 15 is 0 Å². The summed E-state index contributed by atoms with van der Waals surface area (Å²) in [7, 11) is 0. The Morgan fingerprint density at radius 2 is 2.17 bits per heavy atom. The highest BCUT2D eigenvalue weighted by Gasteiger charge is 2.10. The lowest BCUT2D eigenvalue weighted by atomic mass is 10.0. The van der Waals surface area contributed by atoms with Crippen LogP contribution in [-0.4, -0.2) is 4.98 Å². The van der Waals surface area contributed by atoms with E-state index in [0.717, 1.165) is 12.1 Å². The Morgan fingerprint density at radius 3 is 2.75 bits per heavy atom. The van der Waals surface area contributed by atoms with Crippen LogP contribution < -0.4 is 0 Å². The molecule has 1 unspecified atom stereocenters. The van der Waals surface area contributed by atoms with Crippen LogP contribution in [-0.2, 0) is 0 Å². The SMILES string of the molecule is CCC(C)c1nc(C)ccc1F. The Balaban J connectivity index is 3.04. The number of aryl methyl sites for hydroxylation is 1. The third kappa shape index (κ3) is 1.81. The van der Waals surface area contributed by atoms with Crippen LogP contribution in [0.5, 0.6) is 0 Å². The standard InChI is InChI=1S/C10H14FN/c1-4-7(2)10-9(11)6-5-8(3)12-10/h5-7H,4H2,1-3H3. The average molecular weight is 167 g/mol. The summed E-state index contributed by atoms with van der Waals surface area (Å²) in [4.78, 5) is 4.17. The van der Waals surface area contributed by atoms with Gasteiger partial charge in [0, 0.05) is 11.6 Å². The summed E-state index contributed by atoms with van der Waals surface area (Å²) >= 11 is 0. The van der Waals surface area contributed by atoms with Crippen LogP contribution in [0.15, 0.2) is 12.1 Å². The largest absolute Gasteiger partial charge is 0.255 e. The van der Waals surface area contributed by atoms with Gasteiger partial charge < -0.3 is 0 Å². The molecule has 0 aliphatic rings. The maximum Gasteiger partial charge on any atom is 0.144 e. The van der Waals surface area contributed by atoms with Crippen LogP contribution in [0, 0.1) is 12.7 Å². The molecule has 1 aromatic heterocycles. The quantitative estimate of drug-likeness (QED) is 0.659. The number of hydrogen-bond donors (Lipinski definition) is 0. The van der Waals surface area contributed by atoms with Crippen molar-refractivity contribution in [1.82, 2.24) is 4.98 Å². The van der Waals surface area contributed by atoms with Gasteiger partial charge in [-0.2, -0.15) is 0 Å². The summed E-state index contributed by atoms with van der Waals surface area (Å²) in [6.45, 7) is 5.91. The van der Waals surface area contributed by atoms with Crippen LogP contribution in [0.4, 0.5) is 4.39 Å². The summed E-state index contributed by atoms with van der Waals surface area (Å²) in [6, 6.07) is 3.19. The molecule has 0 spiro atoms. The molecular formula is C10H14FN. The Hall–Kier alpha value is -0.920. The fraction of sp³-hybridized carbons (Fsp3) is 0.500. The molecule has 66 valence electrons. The summed E-state index contributed by atoms with van der Waals surface area (Å²) < 4.78 is 13.1. The van der Waals surface area contributed by atoms with Gasteiger partial charge in [-0.05, 0) is 25.5 Å². The van der Waals surface area contributed by atoms with Gasteiger partial charge in [0.2, 0.25) is 0 Å². The smallest absolute Gasteiger partial charge is 0.144 e. The van der Waals surface area contributed by atoms with Crippen molar-refractivity contribution >= 4 is 0 Å². The van der Waals surface area contributed by atoms with Crippen LogP contribution in [0.1, 0.15) is 37.6 Å². The van der Waals surface area contributed by atoms with E-state index in [4.69, 9.17) is 0 Å². The van der Waals surface area contributed by atoms with Crippen molar-refractivity contribution in [2.24, 2.45) is 0 Å². The Bertz CT molecular complexity index is 271. The minimum atomic E-state index is -0.185. The molecule has 0 radical (unpaired) electrons. The van der Waals surface area contributed by atoms with Gasteiger partial charge in [-0.15, -0.1) is 0 Å². The third-order valence-corrected chi connectivity index (χ3v) is 2.09. The maximum atomic E-state index is 13.1. The van der Waals surface area contributed by atoms with Crippen LogP contribution in [0.2, 0.25) is 0 Å². The summed E-state index contributed by atoms with van der Waals surface area (Å²) in [5.41, 5.74) is 1.48. The molecule has 1 heterocycles. The van der Waals surface area contributed by atoms with E-state index in [2.05, 4.69) is 4.98 Å². The Labute approximate surface area is 72.6 Å². The zero-order valence-electron chi connectivity index (χ0n) is 7.76. The molecule has 0 N–H and O–H groups in total. The van der Waals surface area contributed by atoms with Crippen molar-refractivity contribution < 1.29 is 4.39 Å². The van der Waals surface area contributed by atoms with Gasteiger partial charge in [0.25, 0.3) is 0 Å². The minimum absolute atomic E-state index is 0.185. The molecule has 0 saturated heterocycles. The van der Waals surface area contributed by atoms with E-state index < -0.39 is 0 Å². The predicted molar refractivity (Wildman–Crippen MR) is 47.6 cm³/mol. The van der Waals surface area contributed by atoms with E-state index in [0.29, 0.717) is 5.69 Å². The zero-order valence-corrected chi connectivity index (χ0v) is 7.76. The highest BCUT2D eigenvalue weighted by atomic mass is 19.1. The summed E-state index contributed by atoms with van der Waals surface area (Å²) in [5, 5.41) is 0. The van der Waals surface area contributed by atoms with E-state index in [-0.39, 0.29) is 11.7 Å². The molecular weight excluding hydrogens is 153 g/mol. The number of hydrogen-bond acceptors (Lipinski definition) is 1. The first-order chi connectivity index (χ1) is 5.65. The first kappa shape index (κ1) is 9.17. The first-order valence-electron chi connectivity index (χ1n) is 4.28. The molecule has 2 heteroatoms. The average Bonchev–Trinajstić information content (AvgIpc) is 2.08. The second-order valence-electron chi connectivity index (χ2n) is 3.13. The summed E-state index contributed by atoms with van der Waals surface area (Å²) in [6.07, 6.45) is 0.924. The number of aromatic nitrogens is 1. The Kier molecular flexibility index (Phi) is 2.79. The third-order valence-electron chi connectivity index (χ3n) is 2.09. The van der Waals surface area contributed by atoms with Crippen molar-refractivity contribution in [2.45, 2.75) is 33.1 Å². The monoisotopic (exact) mass is 167 g/mol. The number of rotatable bonds is 2. The van der Waals surface area contributed by atoms with E-state index in [1.807, 2.05) is 20.8 Å². The van der Waals surface area contributed by atoms with Gasteiger partial charge in [-0.1, -0.05) is 13.8 Å². The first-order valence-corrected chi connectivity index (χ1v) is 4.28. The topological polar surface area (TPSA) is 12.9 Å². The van der Waals surface area contributed by atoms with E-state index in [1.54, 1.807) is 6.07 Å². The van der Waals surface area contributed by atoms with Gasteiger partial charge in [-0.3, -0.25) is 4.98 Å². The lowest BCUT2D eigenvalue weighted by Crippen LogP contribution is -2.00. The highest BCUT2D eigenvalue weighted by molar-refractivity contribution is 5.15. The van der Waals surface area contributed by atoms with Crippen molar-refractivity contribution in [3.63, 3.8) is 0 Å². The van der Waals surface area contributed by atoms with Crippen LogP contribution >= 0.6 is 0 Å². The second kappa shape index (κ2) is 3.65. The Morgan fingerprint density at radius 1 is 1.50 bits per heavy atom. The molecule has 1 nitrogen and oxygen atoms in total. The van der Waals surface area contributed by atoms with Gasteiger partial charge in [0.1, 0.15) is 5.82 Å². The molecule has 1 atom stereocenters. The summed E-state index contributed by atoms with van der Waals surface area (Å²) in [5.74, 6) is 0.0276. The number of nitrogens with zero attached hydrogens (tertiary/aromatic N) is 1. The predicted octanol–water partition coefficient (Wildman–Crippen LogP) is 3.04. The highest BCUT2D eigenvalue weighted by Crippen LogP contribution is 2.19. The molecule has 0 amide bonds. The normalized spacial score (nSPS) is 13.0. The van der Waals surface area contributed by atoms with Gasteiger partial charge in [-0.25, -0.2) is 4.39 Å². The van der Waals surface area contributed by atoms with Crippen LogP contribution in [0.3, 0.4) is 0 Å². The fourth-order valence-corrected chi connectivity index (χ4v) is 1.10. The maximum absolute atomic E-state index is 13.1. The molecule has 0 bridgehead atoms. The van der Waals surface area contributed by atoms with E-state index in [9.17, 15) is 4.39 Å². The van der Waals surface area contributed by atoms with Gasteiger partial charge in [0.05, 0.1) is 5.69 Å². The van der Waals surface area contributed by atoms with Gasteiger partial charge >= 0.3 is 0 Å². The lowest BCUT2D eigenvalue weighted by molar-refractivity contribution is 0.566. The molecule has 1 rings (SSSR count). The van der Waals surface area contributed by atoms with Crippen molar-refractivity contribution in [2.75, 3.05) is 0 Å². The molecule has 0 aliphatic heterocycles. The second-order valence-corrected chi connectivity index (χ2v) is 3.13. The number of pyridine rings is 1. The molecule has 12 heavy (non-hydrogen) atoms. The molecule has 1 aromatic rings. The number of halogens is 1. The van der Waals surface area contributed by atoms with Crippen LogP contribution in [0.25, 0.3) is 0 Å². The minimum Gasteiger partial charge on any atom is -0.255 e. The molecule has 0 aliphatic carbocycles.